The Balaban J connectivity index is 0.00000220. The maximum atomic E-state index is 12.2. The van der Waals surface area contributed by atoms with Crippen molar-refractivity contribution in [3.05, 3.63) is 64.3 Å². The molecule has 21 heavy (non-hydrogen) atoms. The summed E-state index contributed by atoms with van der Waals surface area (Å²) in [6.45, 7) is 3.93. The summed E-state index contributed by atoms with van der Waals surface area (Å²) in [7, 11) is 0. The van der Waals surface area contributed by atoms with Crippen LogP contribution in [0.1, 0.15) is 21.5 Å². The average molecular weight is 323 g/mol. The first kappa shape index (κ1) is 17.2. The van der Waals surface area contributed by atoms with Crippen LogP contribution in [-0.2, 0) is 0 Å². The van der Waals surface area contributed by atoms with Gasteiger partial charge in [0.15, 0.2) is 5.78 Å². The summed E-state index contributed by atoms with van der Waals surface area (Å²) in [4.78, 5) is 12.2. The molecular formula is C16H16Cl2N2O. The molecule has 0 saturated heterocycles. The van der Waals surface area contributed by atoms with E-state index in [1.807, 2.05) is 32.0 Å². The van der Waals surface area contributed by atoms with Gasteiger partial charge in [-0.05, 0) is 25.5 Å². The lowest BCUT2D eigenvalue weighted by molar-refractivity contribution is -0.552. The van der Waals surface area contributed by atoms with Crippen LogP contribution in [0.5, 0.6) is 0 Å². The number of carbonyl (C=O) groups excluding carboxylic acids is 1. The number of hydrogen-bond acceptors (Lipinski definition) is 2. The van der Waals surface area contributed by atoms with Crippen LogP contribution < -0.4 is 22.7 Å². The van der Waals surface area contributed by atoms with Gasteiger partial charge in [0.05, 0.1) is 11.2 Å². The molecule has 1 heterocycles. The van der Waals surface area contributed by atoms with Crippen LogP contribution in [0.3, 0.4) is 0 Å². The van der Waals surface area contributed by atoms with Gasteiger partial charge in [0.2, 0.25) is 0 Å². The lowest BCUT2D eigenvalue weighted by Gasteiger charge is -2.02. The lowest BCUT2D eigenvalue weighted by atomic mass is 10.0. The van der Waals surface area contributed by atoms with Gasteiger partial charge in [0.25, 0.3) is 5.82 Å². The summed E-state index contributed by atoms with van der Waals surface area (Å²) >= 11 is 5.90. The van der Waals surface area contributed by atoms with Crippen molar-refractivity contribution in [1.82, 2.24) is 0 Å². The number of carbonyl (C=O) groups is 1. The zero-order chi connectivity index (χ0) is 14.7. The maximum absolute atomic E-state index is 12.2. The van der Waals surface area contributed by atoms with E-state index in [2.05, 4.69) is 0 Å². The minimum atomic E-state index is -0.0608. The van der Waals surface area contributed by atoms with Gasteiger partial charge in [-0.2, -0.15) is 0 Å². The minimum Gasteiger partial charge on any atom is -1.00 e. The molecule has 0 saturated carbocycles. The Labute approximate surface area is 135 Å². The number of rotatable bonds is 3. The van der Waals surface area contributed by atoms with Crippen LogP contribution in [0, 0.1) is 13.8 Å². The number of halogens is 2. The molecule has 0 aliphatic rings. The molecule has 3 nitrogen and oxygen atoms in total. The van der Waals surface area contributed by atoms with Gasteiger partial charge in [-0.1, -0.05) is 35.4 Å². The molecule has 0 aliphatic heterocycles. The Hall–Kier alpha value is -1.84. The monoisotopic (exact) mass is 322 g/mol. The maximum Gasteiger partial charge on any atom is 0.277 e. The van der Waals surface area contributed by atoms with Gasteiger partial charge < -0.3 is 12.4 Å². The van der Waals surface area contributed by atoms with Gasteiger partial charge in [0.1, 0.15) is 6.20 Å². The zero-order valence-electron chi connectivity index (χ0n) is 11.8. The van der Waals surface area contributed by atoms with E-state index in [-0.39, 0.29) is 18.2 Å². The predicted molar refractivity (Wildman–Crippen MR) is 81.6 cm³/mol. The number of pyridine rings is 1. The smallest absolute Gasteiger partial charge is 0.277 e. The zero-order valence-corrected chi connectivity index (χ0v) is 13.3. The number of allylic oxidation sites excluding steroid dienone is 1. The van der Waals surface area contributed by atoms with Crippen LogP contribution in [0.25, 0.3) is 6.20 Å². The normalized spacial score (nSPS) is 10.4. The van der Waals surface area contributed by atoms with Gasteiger partial charge in [-0.25, -0.2) is 4.57 Å². The average Bonchev–Trinajstić information content (AvgIpc) is 2.39. The molecule has 2 N–H and O–H groups in total. The molecule has 0 fully saturated rings. The molecule has 0 unspecified atom stereocenters. The lowest BCUT2D eigenvalue weighted by Crippen LogP contribution is -3.00. The second kappa shape index (κ2) is 7.25. The molecule has 0 bridgehead atoms. The van der Waals surface area contributed by atoms with E-state index in [1.54, 1.807) is 29.1 Å². The third-order valence-electron chi connectivity index (χ3n) is 3.01. The highest BCUT2D eigenvalue weighted by Crippen LogP contribution is 2.12. The van der Waals surface area contributed by atoms with E-state index in [0.29, 0.717) is 16.4 Å². The minimum absolute atomic E-state index is 0. The van der Waals surface area contributed by atoms with Crippen molar-refractivity contribution in [2.45, 2.75) is 13.8 Å². The summed E-state index contributed by atoms with van der Waals surface area (Å²) in [6, 6.07) is 9.14. The highest BCUT2D eigenvalue weighted by molar-refractivity contribution is 6.30. The topological polar surface area (TPSA) is 47.0 Å². The van der Waals surface area contributed by atoms with Crippen molar-refractivity contribution in [2.75, 3.05) is 5.73 Å². The molecule has 1 aromatic carbocycles. The summed E-state index contributed by atoms with van der Waals surface area (Å²) in [5.74, 6) is 0.452. The second-order valence-corrected chi connectivity index (χ2v) is 5.11. The highest BCUT2D eigenvalue weighted by atomic mass is 35.5. The molecule has 0 amide bonds. The molecule has 0 atom stereocenters. The fourth-order valence-corrected chi connectivity index (χ4v) is 2.13. The first-order valence-electron chi connectivity index (χ1n) is 6.23. The van der Waals surface area contributed by atoms with Crippen molar-refractivity contribution in [1.29, 1.82) is 0 Å². The molecular weight excluding hydrogens is 307 g/mol. The number of hydrogen-bond donors (Lipinski definition) is 1. The second-order valence-electron chi connectivity index (χ2n) is 4.68. The summed E-state index contributed by atoms with van der Waals surface area (Å²) in [5, 5.41) is 0.558. The van der Waals surface area contributed by atoms with Crippen molar-refractivity contribution in [2.24, 2.45) is 0 Å². The molecule has 2 aromatic rings. The third-order valence-corrected chi connectivity index (χ3v) is 3.23. The molecule has 2 rings (SSSR count). The van der Waals surface area contributed by atoms with Gasteiger partial charge in [-0.15, -0.1) is 0 Å². The molecule has 0 radical (unpaired) electrons. The van der Waals surface area contributed by atoms with Crippen molar-refractivity contribution < 1.29 is 21.8 Å². The van der Waals surface area contributed by atoms with E-state index in [4.69, 9.17) is 17.3 Å². The number of aryl methyl sites for hydroxylation is 2. The van der Waals surface area contributed by atoms with Crippen LogP contribution >= 0.6 is 11.6 Å². The summed E-state index contributed by atoms with van der Waals surface area (Å²) < 4.78 is 1.61. The summed E-state index contributed by atoms with van der Waals surface area (Å²) in [6.07, 6.45) is 4.76. The van der Waals surface area contributed by atoms with Crippen LogP contribution in [0.15, 0.2) is 42.6 Å². The van der Waals surface area contributed by atoms with E-state index >= 15 is 0 Å². The summed E-state index contributed by atoms with van der Waals surface area (Å²) in [5.41, 5.74) is 8.59. The fraction of sp³-hybridized carbons (Fsp3) is 0.125. The Morgan fingerprint density at radius 1 is 1.24 bits per heavy atom. The largest absolute Gasteiger partial charge is 1.00 e. The van der Waals surface area contributed by atoms with Gasteiger partial charge in [0, 0.05) is 17.7 Å². The first-order valence-corrected chi connectivity index (χ1v) is 6.61. The van der Waals surface area contributed by atoms with Gasteiger partial charge >= 0.3 is 0 Å². The predicted octanol–water partition coefficient (Wildman–Crippen LogP) is 0.184. The molecule has 0 spiro atoms. The van der Waals surface area contributed by atoms with Crippen LogP contribution in [0.2, 0.25) is 5.02 Å². The Bertz CT molecular complexity index is 697. The number of nitrogens with two attached hydrogens (primary N) is 1. The fourth-order valence-electron chi connectivity index (χ4n) is 1.96. The molecule has 110 valence electrons. The van der Waals surface area contributed by atoms with E-state index < -0.39 is 0 Å². The third kappa shape index (κ3) is 4.31. The molecule has 0 aliphatic carbocycles. The number of benzene rings is 1. The Morgan fingerprint density at radius 2 is 1.95 bits per heavy atom. The van der Waals surface area contributed by atoms with E-state index in [1.165, 1.54) is 6.08 Å². The quantitative estimate of drug-likeness (QED) is 0.498. The van der Waals surface area contributed by atoms with Crippen molar-refractivity contribution in [3.8, 4) is 0 Å². The van der Waals surface area contributed by atoms with Crippen molar-refractivity contribution in [3.63, 3.8) is 0 Å². The first-order chi connectivity index (χ1) is 9.47. The van der Waals surface area contributed by atoms with Crippen LogP contribution in [-0.4, -0.2) is 5.78 Å². The molecule has 1 aromatic heterocycles. The SMILES string of the molecule is Cc1ccc(C(=O)/C=C/[n+]2cc(Cl)ccc2N)c(C)c1.[Cl-]. The Morgan fingerprint density at radius 3 is 2.62 bits per heavy atom. The number of anilines is 1. The van der Waals surface area contributed by atoms with Gasteiger partial charge in [-0.3, -0.25) is 10.5 Å². The van der Waals surface area contributed by atoms with E-state index in [0.717, 1.165) is 11.1 Å². The number of nitrogen functional groups attached to an aromatic ring is 1. The highest BCUT2D eigenvalue weighted by Gasteiger charge is 2.07. The van der Waals surface area contributed by atoms with E-state index in [9.17, 15) is 4.79 Å². The van der Waals surface area contributed by atoms with Crippen molar-refractivity contribution >= 4 is 29.4 Å². The molecule has 5 heteroatoms. The Kier molecular flexibility index (Phi) is 5.94. The van der Waals surface area contributed by atoms with Crippen LogP contribution in [0.4, 0.5) is 5.82 Å². The number of nitrogens with zero attached hydrogens (tertiary/aromatic N) is 1. The number of ketones is 1. The number of aromatic nitrogens is 1. The standard InChI is InChI=1S/C16H15ClN2O.ClH/c1-11-3-5-14(12(2)9-11)15(20)7-8-19-10-13(17)4-6-16(19)18;/h3-10,18H,1-2H3;1H/b8-7+;.